The van der Waals surface area contributed by atoms with E-state index in [0.29, 0.717) is 0 Å². The van der Waals surface area contributed by atoms with E-state index in [9.17, 15) is 33.2 Å². The van der Waals surface area contributed by atoms with Gasteiger partial charge in [-0.25, -0.2) is 8.42 Å². The average molecular weight is 512 g/mol. The van der Waals surface area contributed by atoms with E-state index < -0.39 is 43.5 Å². The number of amides is 1. The Labute approximate surface area is 205 Å². The van der Waals surface area contributed by atoms with Crippen molar-refractivity contribution in [2.24, 2.45) is 0 Å². The number of nitro groups is 1. The maximum absolute atomic E-state index is 13.9. The fourth-order valence-electron chi connectivity index (χ4n) is 4.84. The zero-order valence-electron chi connectivity index (χ0n) is 19.4. The second kappa shape index (κ2) is 7.48. The molecule has 3 N–H and O–H groups in total. The van der Waals surface area contributed by atoms with Gasteiger partial charge < -0.3 is 20.1 Å². The van der Waals surface area contributed by atoms with Crippen molar-refractivity contribution in [3.63, 3.8) is 0 Å². The zero-order chi connectivity index (χ0) is 26.2. The summed E-state index contributed by atoms with van der Waals surface area (Å²) >= 11 is 0. The summed E-state index contributed by atoms with van der Waals surface area (Å²) in [6.07, 6.45) is 0.960. The van der Waals surface area contributed by atoms with Crippen LogP contribution in [-0.4, -0.2) is 41.4 Å². The predicted molar refractivity (Wildman–Crippen MR) is 126 cm³/mol. The molecule has 0 fully saturated rings. The van der Waals surface area contributed by atoms with Crippen molar-refractivity contribution in [1.82, 2.24) is 10.3 Å². The summed E-state index contributed by atoms with van der Waals surface area (Å²) in [7, 11) is -3.66. The topological polar surface area (TPSA) is 169 Å². The molecule has 1 aliphatic heterocycles. The minimum Gasteiger partial charge on any atom is -0.454 e. The van der Waals surface area contributed by atoms with Crippen molar-refractivity contribution in [2.75, 3.05) is 6.26 Å². The molecule has 1 aromatic heterocycles. The highest BCUT2D eigenvalue weighted by atomic mass is 32.2. The molecular weight excluding hydrogens is 490 g/mol. The Morgan fingerprint density at radius 3 is 2.53 bits per heavy atom. The lowest BCUT2D eigenvalue weighted by atomic mass is 9.82. The molecule has 0 bridgehead atoms. The SMILES string of the molecule is CC(C)c1ccc2c(c1)OC1(O)c3c(cccc3[N+](=O)[O-])C(=O)C21NC(=O)c1ccc(S(C)(=O)=O)[nH]1. The molecule has 0 radical (unpaired) electrons. The number of ketones is 1. The fourth-order valence-corrected chi connectivity index (χ4v) is 5.45. The summed E-state index contributed by atoms with van der Waals surface area (Å²) in [4.78, 5) is 40.8. The highest BCUT2D eigenvalue weighted by molar-refractivity contribution is 7.90. The van der Waals surface area contributed by atoms with Crippen LogP contribution in [-0.2, 0) is 21.2 Å². The smallest absolute Gasteiger partial charge is 0.280 e. The number of nitrogens with one attached hydrogen (secondary N) is 2. The molecule has 2 atom stereocenters. The number of nitro benzene ring substituents is 1. The first kappa shape index (κ1) is 23.7. The van der Waals surface area contributed by atoms with Crippen molar-refractivity contribution in [3.05, 3.63) is 86.6 Å². The van der Waals surface area contributed by atoms with Crippen LogP contribution < -0.4 is 10.1 Å². The molecule has 2 aliphatic rings. The largest absolute Gasteiger partial charge is 0.454 e. The van der Waals surface area contributed by atoms with Crippen LogP contribution in [0.3, 0.4) is 0 Å². The molecule has 186 valence electrons. The number of sulfone groups is 1. The second-order valence-corrected chi connectivity index (χ2v) is 11.1. The number of nitrogens with zero attached hydrogens (tertiary/aromatic N) is 1. The minimum atomic E-state index is -3.66. The number of carbonyl (C=O) groups is 2. The number of hydrogen-bond donors (Lipinski definition) is 3. The molecule has 1 aliphatic carbocycles. The van der Waals surface area contributed by atoms with Crippen molar-refractivity contribution in [1.29, 1.82) is 0 Å². The van der Waals surface area contributed by atoms with Crippen LogP contribution in [0.5, 0.6) is 5.75 Å². The van der Waals surface area contributed by atoms with E-state index in [0.717, 1.165) is 17.9 Å². The van der Waals surface area contributed by atoms with Crippen molar-refractivity contribution >= 4 is 27.2 Å². The van der Waals surface area contributed by atoms with Crippen LogP contribution in [0.15, 0.2) is 53.6 Å². The molecule has 12 heteroatoms. The highest BCUT2D eigenvalue weighted by Crippen LogP contribution is 2.60. The molecule has 11 nitrogen and oxygen atoms in total. The lowest BCUT2D eigenvalue weighted by Crippen LogP contribution is -2.60. The van der Waals surface area contributed by atoms with Crippen LogP contribution in [0, 0.1) is 10.1 Å². The Balaban J connectivity index is 1.73. The number of fused-ring (bicyclic) bond motifs is 5. The lowest BCUT2D eigenvalue weighted by Gasteiger charge is -2.34. The van der Waals surface area contributed by atoms with Gasteiger partial charge >= 0.3 is 0 Å². The maximum atomic E-state index is 13.9. The van der Waals surface area contributed by atoms with Crippen molar-refractivity contribution in [2.45, 2.75) is 36.1 Å². The Kier molecular flexibility index (Phi) is 4.93. The van der Waals surface area contributed by atoms with Gasteiger partial charge in [0.2, 0.25) is 11.3 Å². The first-order valence-electron chi connectivity index (χ1n) is 10.9. The van der Waals surface area contributed by atoms with Crippen LogP contribution in [0.2, 0.25) is 0 Å². The van der Waals surface area contributed by atoms with E-state index >= 15 is 0 Å². The van der Waals surface area contributed by atoms with Gasteiger partial charge in [-0.1, -0.05) is 38.1 Å². The van der Waals surface area contributed by atoms with Gasteiger partial charge in [0.1, 0.15) is 22.0 Å². The van der Waals surface area contributed by atoms with Crippen LogP contribution >= 0.6 is 0 Å². The van der Waals surface area contributed by atoms with Gasteiger partial charge in [-0.3, -0.25) is 19.7 Å². The van der Waals surface area contributed by atoms with Crippen molar-refractivity contribution < 1.29 is 32.8 Å². The Hall–Kier alpha value is -4.03. The molecule has 0 saturated heterocycles. The Morgan fingerprint density at radius 2 is 1.92 bits per heavy atom. The van der Waals surface area contributed by atoms with Crippen molar-refractivity contribution in [3.8, 4) is 5.75 Å². The van der Waals surface area contributed by atoms with Gasteiger partial charge in [0.05, 0.1) is 4.92 Å². The van der Waals surface area contributed by atoms with E-state index in [2.05, 4.69) is 10.3 Å². The summed E-state index contributed by atoms with van der Waals surface area (Å²) in [6, 6.07) is 11.0. The number of carbonyl (C=O) groups excluding carboxylic acids is 2. The summed E-state index contributed by atoms with van der Waals surface area (Å²) in [5.41, 5.74) is -2.61. The van der Waals surface area contributed by atoms with E-state index in [4.69, 9.17) is 4.74 Å². The van der Waals surface area contributed by atoms with Gasteiger partial charge in [0, 0.05) is 23.4 Å². The summed E-state index contributed by atoms with van der Waals surface area (Å²) < 4.78 is 29.6. The van der Waals surface area contributed by atoms with Gasteiger partial charge in [0.25, 0.3) is 17.4 Å². The number of aromatic amines is 1. The number of benzene rings is 2. The lowest BCUT2D eigenvalue weighted by molar-refractivity contribution is -0.388. The van der Waals surface area contributed by atoms with Gasteiger partial charge in [-0.15, -0.1) is 0 Å². The predicted octanol–water partition coefficient (Wildman–Crippen LogP) is 2.51. The third-order valence-electron chi connectivity index (χ3n) is 6.61. The monoisotopic (exact) mass is 511 g/mol. The van der Waals surface area contributed by atoms with Gasteiger partial charge in [-0.2, -0.15) is 0 Å². The van der Waals surface area contributed by atoms with E-state index in [1.54, 1.807) is 12.1 Å². The number of Topliss-reactive ketones (excluding diaryl/α,β-unsaturated/α-hetero) is 1. The van der Waals surface area contributed by atoms with Gasteiger partial charge in [0.15, 0.2) is 9.84 Å². The van der Waals surface area contributed by atoms with Crippen LogP contribution in [0.25, 0.3) is 0 Å². The quantitative estimate of drug-likeness (QED) is 0.347. The standard InChI is InChI=1S/C24H21N3O8S/c1-12(2)13-7-8-15-18(11-13)35-24(30)20-14(5-4-6-17(20)27(31)32)21(28)23(15,24)26-22(29)16-9-10-19(25-16)36(3,33)34/h4-12,25,30H,1-3H3,(H,26,29). The Morgan fingerprint density at radius 1 is 1.19 bits per heavy atom. The highest BCUT2D eigenvalue weighted by Gasteiger charge is 2.73. The Bertz CT molecular complexity index is 1590. The number of hydrogen-bond acceptors (Lipinski definition) is 8. The van der Waals surface area contributed by atoms with E-state index in [1.807, 2.05) is 13.8 Å². The van der Waals surface area contributed by atoms with Crippen LogP contribution in [0.1, 0.15) is 57.3 Å². The molecule has 36 heavy (non-hydrogen) atoms. The van der Waals surface area contributed by atoms with Crippen LogP contribution in [0.4, 0.5) is 5.69 Å². The fraction of sp³-hybridized carbons (Fsp3) is 0.250. The summed E-state index contributed by atoms with van der Waals surface area (Å²) in [6.45, 7) is 3.86. The third-order valence-corrected chi connectivity index (χ3v) is 7.65. The van der Waals surface area contributed by atoms with E-state index in [-0.39, 0.29) is 39.1 Å². The summed E-state index contributed by atoms with van der Waals surface area (Å²) in [5.74, 6) is -4.21. The normalized spacial score (nSPS) is 22.1. The number of ether oxygens (including phenoxy) is 1. The zero-order valence-corrected chi connectivity index (χ0v) is 20.2. The molecule has 2 aromatic carbocycles. The minimum absolute atomic E-state index is 0.0604. The number of H-pyrrole nitrogens is 1. The average Bonchev–Trinajstić information content (AvgIpc) is 3.44. The molecule has 2 heterocycles. The molecule has 2 unspecified atom stereocenters. The first-order valence-corrected chi connectivity index (χ1v) is 12.8. The molecule has 5 rings (SSSR count). The molecule has 0 saturated carbocycles. The number of rotatable bonds is 5. The summed E-state index contributed by atoms with van der Waals surface area (Å²) in [5, 5.41) is 26.1. The number of aromatic nitrogens is 1. The van der Waals surface area contributed by atoms with E-state index in [1.165, 1.54) is 30.3 Å². The molecular formula is C24H21N3O8S. The maximum Gasteiger partial charge on any atom is 0.280 e. The first-order chi connectivity index (χ1) is 16.8. The molecule has 1 amide bonds. The molecule has 0 spiro atoms. The number of aliphatic hydroxyl groups is 1. The third kappa shape index (κ3) is 3.04. The second-order valence-electron chi connectivity index (χ2n) is 9.15. The van der Waals surface area contributed by atoms with Gasteiger partial charge in [-0.05, 0) is 29.7 Å². The molecule has 3 aromatic rings.